The fourth-order valence-electron chi connectivity index (χ4n) is 3.68. The molecule has 0 amide bonds. The Bertz CT molecular complexity index is 503. The highest BCUT2D eigenvalue weighted by molar-refractivity contribution is 5.66. The van der Waals surface area contributed by atoms with Crippen molar-refractivity contribution < 1.29 is 19.7 Å². The van der Waals surface area contributed by atoms with E-state index in [2.05, 4.69) is 31.2 Å². The molecule has 1 rings (SSSR count). The van der Waals surface area contributed by atoms with E-state index in [9.17, 15) is 9.90 Å². The van der Waals surface area contributed by atoms with Crippen LogP contribution in [-0.2, 0) is 16.1 Å². The molecule has 0 heterocycles. The number of carboxylic acid groups (broad SMARTS) is 1. The second-order valence-corrected chi connectivity index (χ2v) is 8.20. The van der Waals surface area contributed by atoms with E-state index in [4.69, 9.17) is 9.84 Å². The summed E-state index contributed by atoms with van der Waals surface area (Å²) in [6, 6.07) is 10.4. The zero-order chi connectivity index (χ0) is 21.2. The zero-order valence-electron chi connectivity index (χ0n) is 18.4. The van der Waals surface area contributed by atoms with Crippen LogP contribution < -0.4 is 0 Å². The third-order valence-electron chi connectivity index (χ3n) is 5.43. The summed E-state index contributed by atoms with van der Waals surface area (Å²) in [5.41, 5.74) is 1.23. The molecule has 0 aliphatic carbocycles. The monoisotopic (exact) mass is 406 g/mol. The van der Waals surface area contributed by atoms with Crippen molar-refractivity contribution in [3.05, 3.63) is 35.9 Å². The average Bonchev–Trinajstić information content (AvgIpc) is 2.71. The van der Waals surface area contributed by atoms with E-state index in [1.807, 2.05) is 6.07 Å². The number of hydrogen-bond acceptors (Lipinski definition) is 3. The van der Waals surface area contributed by atoms with Crippen LogP contribution in [0.5, 0.6) is 0 Å². The highest BCUT2D eigenvalue weighted by Gasteiger charge is 2.09. The fraction of sp³-hybridized carbons (Fsp3) is 0.720. The van der Waals surface area contributed by atoms with Crippen molar-refractivity contribution in [1.82, 2.24) is 0 Å². The number of aliphatic hydroxyl groups excluding tert-OH is 1. The second-order valence-electron chi connectivity index (χ2n) is 8.20. The smallest absolute Gasteiger partial charge is 0.303 e. The lowest BCUT2D eigenvalue weighted by Crippen LogP contribution is -2.13. The van der Waals surface area contributed by atoms with Gasteiger partial charge in [0.05, 0.1) is 18.8 Å². The molecule has 0 fully saturated rings. The van der Waals surface area contributed by atoms with Gasteiger partial charge in [-0.3, -0.25) is 4.79 Å². The van der Waals surface area contributed by atoms with Crippen LogP contribution in [-0.4, -0.2) is 28.4 Å². The molecule has 0 aromatic heterocycles. The van der Waals surface area contributed by atoms with Crippen molar-refractivity contribution in [2.75, 3.05) is 0 Å². The molecular formula is C25H42O4. The number of rotatable bonds is 19. The minimum atomic E-state index is -0.704. The lowest BCUT2D eigenvalue weighted by atomic mass is 10.0. The number of carbonyl (C=O) groups is 1. The van der Waals surface area contributed by atoms with E-state index in [-0.39, 0.29) is 12.5 Å². The van der Waals surface area contributed by atoms with Crippen LogP contribution in [0.1, 0.15) is 102 Å². The molecule has 0 spiro atoms. The Morgan fingerprint density at radius 3 is 2.10 bits per heavy atom. The Kier molecular flexibility index (Phi) is 15.4. The first-order valence-electron chi connectivity index (χ1n) is 11.7. The summed E-state index contributed by atoms with van der Waals surface area (Å²) in [5.74, 6) is -0.704. The van der Waals surface area contributed by atoms with Crippen molar-refractivity contribution in [2.45, 2.75) is 116 Å². The highest BCUT2D eigenvalue weighted by Crippen LogP contribution is 2.17. The molecule has 2 atom stereocenters. The minimum absolute atomic E-state index is 0.185. The molecule has 1 aromatic carbocycles. The Balaban J connectivity index is 2.00. The van der Waals surface area contributed by atoms with Crippen molar-refractivity contribution in [3.63, 3.8) is 0 Å². The number of carboxylic acids is 1. The Morgan fingerprint density at radius 1 is 0.862 bits per heavy atom. The largest absolute Gasteiger partial charge is 0.481 e. The molecule has 0 aliphatic rings. The highest BCUT2D eigenvalue weighted by atomic mass is 16.5. The third-order valence-corrected chi connectivity index (χ3v) is 5.43. The SMILES string of the molecule is CCCC(CCCCCC(O)CCCCCCCC(=O)O)OCc1ccccc1. The van der Waals surface area contributed by atoms with Crippen LogP contribution in [0.4, 0.5) is 0 Å². The van der Waals surface area contributed by atoms with Gasteiger partial charge in [0, 0.05) is 6.42 Å². The summed E-state index contributed by atoms with van der Waals surface area (Å²) in [4.78, 5) is 10.4. The first-order chi connectivity index (χ1) is 14.1. The van der Waals surface area contributed by atoms with Crippen molar-refractivity contribution >= 4 is 5.97 Å². The van der Waals surface area contributed by atoms with E-state index < -0.39 is 5.97 Å². The maximum absolute atomic E-state index is 10.4. The molecule has 166 valence electrons. The molecule has 2 unspecified atom stereocenters. The van der Waals surface area contributed by atoms with Gasteiger partial charge in [-0.2, -0.15) is 0 Å². The van der Waals surface area contributed by atoms with E-state index in [0.29, 0.717) is 12.7 Å². The molecular weight excluding hydrogens is 364 g/mol. The predicted molar refractivity (Wildman–Crippen MR) is 119 cm³/mol. The number of hydrogen-bond donors (Lipinski definition) is 2. The van der Waals surface area contributed by atoms with Gasteiger partial charge in [0.25, 0.3) is 0 Å². The van der Waals surface area contributed by atoms with E-state index in [1.54, 1.807) is 0 Å². The van der Waals surface area contributed by atoms with E-state index >= 15 is 0 Å². The van der Waals surface area contributed by atoms with Crippen molar-refractivity contribution in [3.8, 4) is 0 Å². The van der Waals surface area contributed by atoms with Crippen molar-refractivity contribution in [2.24, 2.45) is 0 Å². The lowest BCUT2D eigenvalue weighted by molar-refractivity contribution is -0.137. The van der Waals surface area contributed by atoms with E-state index in [1.165, 1.54) is 5.56 Å². The van der Waals surface area contributed by atoms with Gasteiger partial charge in [0.2, 0.25) is 0 Å². The van der Waals surface area contributed by atoms with Crippen LogP contribution >= 0.6 is 0 Å². The maximum atomic E-state index is 10.4. The zero-order valence-corrected chi connectivity index (χ0v) is 18.4. The molecule has 2 N–H and O–H groups in total. The standard InChI is InChI=1S/C25H42O4/c1-2-14-24(29-21-22-15-8-6-9-16-22)19-12-7-11-18-23(26)17-10-4-3-5-13-20-25(27)28/h6,8-9,15-16,23-24,26H,2-5,7,10-14,17-21H2,1H3,(H,27,28). The van der Waals surface area contributed by atoms with Crippen molar-refractivity contribution in [1.29, 1.82) is 0 Å². The number of aliphatic carboxylic acids is 1. The number of unbranched alkanes of at least 4 members (excludes halogenated alkanes) is 6. The van der Waals surface area contributed by atoms with E-state index in [0.717, 1.165) is 83.5 Å². The number of aliphatic hydroxyl groups is 1. The van der Waals surface area contributed by atoms with Crippen LogP contribution in [0.15, 0.2) is 30.3 Å². The number of ether oxygens (including phenoxy) is 1. The summed E-state index contributed by atoms with van der Waals surface area (Å²) in [7, 11) is 0. The molecule has 29 heavy (non-hydrogen) atoms. The van der Waals surface area contributed by atoms with Gasteiger partial charge in [-0.1, -0.05) is 88.6 Å². The summed E-state index contributed by atoms with van der Waals surface area (Å²) in [6.45, 7) is 2.90. The quantitative estimate of drug-likeness (QED) is 0.257. The summed E-state index contributed by atoms with van der Waals surface area (Å²) in [6.07, 6.45) is 13.9. The topological polar surface area (TPSA) is 66.8 Å². The van der Waals surface area contributed by atoms with Gasteiger partial charge in [-0.05, 0) is 37.7 Å². The summed E-state index contributed by atoms with van der Waals surface area (Å²) < 4.78 is 6.12. The maximum Gasteiger partial charge on any atom is 0.303 e. The van der Waals surface area contributed by atoms with Crippen LogP contribution in [0.25, 0.3) is 0 Å². The fourth-order valence-corrected chi connectivity index (χ4v) is 3.68. The van der Waals surface area contributed by atoms with Crippen LogP contribution in [0.3, 0.4) is 0 Å². The first-order valence-corrected chi connectivity index (χ1v) is 11.7. The Labute approximate surface area is 177 Å². The number of benzene rings is 1. The molecule has 0 saturated carbocycles. The predicted octanol–water partition coefficient (Wildman–Crippen LogP) is 6.50. The Hall–Kier alpha value is -1.39. The third kappa shape index (κ3) is 15.2. The summed E-state index contributed by atoms with van der Waals surface area (Å²) >= 11 is 0. The molecule has 4 nitrogen and oxygen atoms in total. The van der Waals surface area contributed by atoms with Gasteiger partial charge in [-0.15, -0.1) is 0 Å². The van der Waals surface area contributed by atoms with Gasteiger partial charge in [-0.25, -0.2) is 0 Å². The molecule has 0 aliphatic heterocycles. The normalized spacial score (nSPS) is 13.3. The second kappa shape index (κ2) is 17.5. The first kappa shape index (κ1) is 25.6. The molecule has 0 radical (unpaired) electrons. The molecule has 1 aromatic rings. The molecule has 0 saturated heterocycles. The minimum Gasteiger partial charge on any atom is -0.481 e. The Morgan fingerprint density at radius 2 is 1.45 bits per heavy atom. The molecule has 4 heteroatoms. The van der Waals surface area contributed by atoms with Gasteiger partial charge in [0.15, 0.2) is 0 Å². The summed E-state index contributed by atoms with van der Waals surface area (Å²) in [5, 5.41) is 18.7. The van der Waals surface area contributed by atoms with Crippen LogP contribution in [0, 0.1) is 0 Å². The average molecular weight is 407 g/mol. The van der Waals surface area contributed by atoms with Gasteiger partial charge >= 0.3 is 5.97 Å². The molecule has 0 bridgehead atoms. The van der Waals surface area contributed by atoms with Gasteiger partial charge < -0.3 is 14.9 Å². The van der Waals surface area contributed by atoms with Gasteiger partial charge in [0.1, 0.15) is 0 Å². The van der Waals surface area contributed by atoms with Crippen LogP contribution in [0.2, 0.25) is 0 Å². The lowest BCUT2D eigenvalue weighted by Gasteiger charge is -2.17.